The van der Waals surface area contributed by atoms with Gasteiger partial charge in [0.05, 0.1) is 16.7 Å². The van der Waals surface area contributed by atoms with Crippen LogP contribution in [0.25, 0.3) is 11.5 Å². The summed E-state index contributed by atoms with van der Waals surface area (Å²) in [5.74, 6) is -0.722. The Labute approximate surface area is 120 Å². The molecule has 1 aromatic carbocycles. The summed E-state index contributed by atoms with van der Waals surface area (Å²) in [6.45, 7) is 3.34. The van der Waals surface area contributed by atoms with Gasteiger partial charge in [-0.1, -0.05) is 19.0 Å². The molecule has 2 aromatic rings. The van der Waals surface area contributed by atoms with Gasteiger partial charge >= 0.3 is 12.4 Å². The number of aromatic nitrogens is 2. The summed E-state index contributed by atoms with van der Waals surface area (Å²) >= 11 is 0. The normalized spacial score (nSPS) is 13.0. The Balaban J connectivity index is 2.63. The summed E-state index contributed by atoms with van der Waals surface area (Å²) in [5, 5.41) is 3.47. The zero-order valence-electron chi connectivity index (χ0n) is 11.4. The van der Waals surface area contributed by atoms with Crippen molar-refractivity contribution in [2.75, 3.05) is 0 Å². The first kappa shape index (κ1) is 16.3. The summed E-state index contributed by atoms with van der Waals surface area (Å²) in [7, 11) is 0. The number of rotatable bonds is 2. The molecule has 0 saturated carbocycles. The van der Waals surface area contributed by atoms with Crippen molar-refractivity contribution >= 4 is 0 Å². The Hall–Kier alpha value is -2.06. The van der Waals surface area contributed by atoms with Crippen LogP contribution in [0.2, 0.25) is 0 Å². The van der Waals surface area contributed by atoms with E-state index in [2.05, 4.69) is 14.7 Å². The Morgan fingerprint density at radius 2 is 1.64 bits per heavy atom. The predicted octanol–water partition coefficient (Wildman–Crippen LogP) is 4.90. The van der Waals surface area contributed by atoms with Crippen LogP contribution >= 0.6 is 0 Å². The Bertz CT molecular complexity index is 672. The van der Waals surface area contributed by atoms with E-state index in [1.165, 1.54) is 0 Å². The van der Waals surface area contributed by atoms with Crippen molar-refractivity contribution in [3.63, 3.8) is 0 Å². The van der Waals surface area contributed by atoms with Gasteiger partial charge in [0.15, 0.2) is 5.82 Å². The van der Waals surface area contributed by atoms with Gasteiger partial charge in [-0.3, -0.25) is 0 Å². The lowest BCUT2D eigenvalue weighted by Crippen LogP contribution is -2.11. The van der Waals surface area contributed by atoms with Crippen molar-refractivity contribution < 1.29 is 30.9 Å². The minimum Gasteiger partial charge on any atom is -0.334 e. The first-order valence-electron chi connectivity index (χ1n) is 6.12. The Kier molecular flexibility index (Phi) is 3.92. The molecule has 1 heterocycles. The molecule has 0 spiro atoms. The smallest absolute Gasteiger partial charge is 0.334 e. The monoisotopic (exact) mass is 324 g/mol. The number of benzene rings is 1. The van der Waals surface area contributed by atoms with Crippen LogP contribution < -0.4 is 0 Å². The van der Waals surface area contributed by atoms with Crippen molar-refractivity contribution in [2.24, 2.45) is 0 Å². The fraction of sp³-hybridized carbons (Fsp3) is 0.385. The molecule has 0 aliphatic carbocycles. The molecular formula is C13H10F6N2O. The zero-order valence-corrected chi connectivity index (χ0v) is 11.4. The minimum atomic E-state index is -4.84. The van der Waals surface area contributed by atoms with Gasteiger partial charge in [0.1, 0.15) is 0 Å². The topological polar surface area (TPSA) is 38.9 Å². The fourth-order valence-electron chi connectivity index (χ4n) is 1.72. The quantitative estimate of drug-likeness (QED) is 0.738. The molecule has 2 rings (SSSR count). The molecule has 0 aliphatic rings. The molecule has 0 fully saturated rings. The predicted molar refractivity (Wildman–Crippen MR) is 63.8 cm³/mol. The summed E-state index contributed by atoms with van der Waals surface area (Å²) in [5.41, 5.74) is -3.28. The van der Waals surface area contributed by atoms with Crippen molar-refractivity contribution in [3.05, 3.63) is 35.2 Å². The van der Waals surface area contributed by atoms with E-state index in [1.807, 2.05) is 0 Å². The molecule has 0 amide bonds. The molecule has 0 N–H and O–H groups in total. The standard InChI is InChI=1S/C13H10F6N2O/c1-6(2)10-20-11(22-21-10)8-5-7(12(14,15)16)3-4-9(8)13(17,18)19/h3-6H,1-2H3. The molecule has 0 unspecified atom stereocenters. The van der Waals surface area contributed by atoms with E-state index in [4.69, 9.17) is 0 Å². The lowest BCUT2D eigenvalue weighted by molar-refractivity contribution is -0.141. The van der Waals surface area contributed by atoms with Gasteiger partial charge in [-0.25, -0.2) is 0 Å². The molecular weight excluding hydrogens is 314 g/mol. The first-order valence-corrected chi connectivity index (χ1v) is 6.12. The lowest BCUT2D eigenvalue weighted by Gasteiger charge is -2.13. The molecule has 0 atom stereocenters. The third-order valence-corrected chi connectivity index (χ3v) is 2.84. The molecule has 22 heavy (non-hydrogen) atoms. The average molecular weight is 324 g/mol. The van der Waals surface area contributed by atoms with Crippen molar-refractivity contribution in [3.8, 4) is 11.5 Å². The zero-order chi connectivity index (χ0) is 16.7. The van der Waals surface area contributed by atoms with Crippen LogP contribution in [0.1, 0.15) is 36.7 Å². The maximum Gasteiger partial charge on any atom is 0.417 e. The lowest BCUT2D eigenvalue weighted by atomic mass is 10.0. The summed E-state index contributed by atoms with van der Waals surface area (Å²) in [6, 6.07) is 1.09. The van der Waals surface area contributed by atoms with Crippen LogP contribution in [-0.4, -0.2) is 10.1 Å². The van der Waals surface area contributed by atoms with Gasteiger partial charge in [0.2, 0.25) is 0 Å². The van der Waals surface area contributed by atoms with Gasteiger partial charge in [-0.2, -0.15) is 31.3 Å². The third kappa shape index (κ3) is 3.23. The van der Waals surface area contributed by atoms with Gasteiger partial charge in [0.25, 0.3) is 5.89 Å². The largest absolute Gasteiger partial charge is 0.417 e. The molecule has 120 valence electrons. The van der Waals surface area contributed by atoms with Gasteiger partial charge < -0.3 is 4.52 Å². The van der Waals surface area contributed by atoms with Crippen LogP contribution in [-0.2, 0) is 12.4 Å². The van der Waals surface area contributed by atoms with Crippen LogP contribution in [0.3, 0.4) is 0 Å². The minimum absolute atomic E-state index is 0.112. The number of halogens is 6. The molecule has 0 bridgehead atoms. The highest BCUT2D eigenvalue weighted by Crippen LogP contribution is 2.40. The molecule has 0 aliphatic heterocycles. The second-order valence-electron chi connectivity index (χ2n) is 4.87. The molecule has 0 radical (unpaired) electrons. The van der Waals surface area contributed by atoms with E-state index in [1.54, 1.807) is 13.8 Å². The highest BCUT2D eigenvalue weighted by Gasteiger charge is 2.38. The fourth-order valence-corrected chi connectivity index (χ4v) is 1.72. The van der Waals surface area contributed by atoms with Crippen LogP contribution in [0, 0.1) is 0 Å². The van der Waals surface area contributed by atoms with E-state index in [-0.39, 0.29) is 11.7 Å². The molecule has 9 heteroatoms. The summed E-state index contributed by atoms with van der Waals surface area (Å²) in [4.78, 5) is 3.73. The van der Waals surface area contributed by atoms with Crippen LogP contribution in [0.15, 0.2) is 22.7 Å². The van der Waals surface area contributed by atoms with Crippen molar-refractivity contribution in [1.82, 2.24) is 10.1 Å². The number of nitrogens with zero attached hydrogens (tertiary/aromatic N) is 2. The van der Waals surface area contributed by atoms with E-state index in [0.717, 1.165) is 0 Å². The SMILES string of the molecule is CC(C)c1noc(-c2cc(C(F)(F)F)ccc2C(F)(F)F)n1. The maximum atomic E-state index is 13.0. The second-order valence-corrected chi connectivity index (χ2v) is 4.87. The highest BCUT2D eigenvalue weighted by molar-refractivity contribution is 5.61. The van der Waals surface area contributed by atoms with Crippen molar-refractivity contribution in [2.45, 2.75) is 32.1 Å². The molecule has 1 aromatic heterocycles. The average Bonchev–Trinajstić information content (AvgIpc) is 2.85. The van der Waals surface area contributed by atoms with Gasteiger partial charge in [-0.15, -0.1) is 0 Å². The number of hydrogen-bond acceptors (Lipinski definition) is 3. The summed E-state index contributed by atoms with van der Waals surface area (Å²) in [6.07, 6.45) is -9.62. The van der Waals surface area contributed by atoms with E-state index >= 15 is 0 Å². The van der Waals surface area contributed by atoms with Crippen molar-refractivity contribution in [1.29, 1.82) is 0 Å². The van der Waals surface area contributed by atoms with E-state index in [0.29, 0.717) is 18.2 Å². The number of alkyl halides is 6. The number of hydrogen-bond donors (Lipinski definition) is 0. The van der Waals surface area contributed by atoms with Crippen LogP contribution in [0.4, 0.5) is 26.3 Å². The van der Waals surface area contributed by atoms with E-state index in [9.17, 15) is 26.3 Å². The Morgan fingerprint density at radius 3 is 2.09 bits per heavy atom. The first-order chi connectivity index (χ1) is 10.00. The Morgan fingerprint density at radius 1 is 1.00 bits per heavy atom. The third-order valence-electron chi connectivity index (χ3n) is 2.84. The molecule has 0 saturated heterocycles. The maximum absolute atomic E-state index is 13.0. The molecule has 3 nitrogen and oxygen atoms in total. The highest BCUT2D eigenvalue weighted by atomic mass is 19.4. The van der Waals surface area contributed by atoms with Gasteiger partial charge in [-0.05, 0) is 18.2 Å². The van der Waals surface area contributed by atoms with E-state index < -0.39 is 34.9 Å². The summed E-state index contributed by atoms with van der Waals surface area (Å²) < 4.78 is 81.6. The van der Waals surface area contributed by atoms with Gasteiger partial charge in [0, 0.05) is 5.92 Å². The second kappa shape index (κ2) is 5.29. The van der Waals surface area contributed by atoms with Crippen LogP contribution in [0.5, 0.6) is 0 Å².